The van der Waals surface area contributed by atoms with Gasteiger partial charge in [0.1, 0.15) is 0 Å². The van der Waals surface area contributed by atoms with E-state index in [1.54, 1.807) is 6.07 Å². The van der Waals surface area contributed by atoms with E-state index in [2.05, 4.69) is 10.6 Å². The van der Waals surface area contributed by atoms with Crippen LogP contribution in [0.4, 0.5) is 11.4 Å². The zero-order chi connectivity index (χ0) is 18.7. The van der Waals surface area contributed by atoms with Crippen molar-refractivity contribution in [3.05, 3.63) is 59.8 Å². The Hall–Kier alpha value is -3.08. The molecular weight excluding hydrogens is 326 g/mol. The highest BCUT2D eigenvalue weighted by Gasteiger charge is 2.11. The third-order valence-electron chi connectivity index (χ3n) is 4.44. The van der Waals surface area contributed by atoms with Crippen LogP contribution in [0.1, 0.15) is 24.5 Å². The van der Waals surface area contributed by atoms with Crippen molar-refractivity contribution in [1.82, 2.24) is 4.57 Å². The highest BCUT2D eigenvalue weighted by molar-refractivity contribution is 5.97. The topological polar surface area (TPSA) is 63.1 Å². The third-order valence-corrected chi connectivity index (χ3v) is 4.44. The Balaban J connectivity index is 1.72. The first kappa shape index (κ1) is 17.7. The number of carbonyl (C=O) groups is 2. The normalized spacial score (nSPS) is 10.7. The minimum atomic E-state index is -0.0638. The van der Waals surface area contributed by atoms with Gasteiger partial charge in [0.05, 0.1) is 6.42 Å². The van der Waals surface area contributed by atoms with Gasteiger partial charge in [0.2, 0.25) is 11.8 Å². The highest BCUT2D eigenvalue weighted by atomic mass is 16.2. The van der Waals surface area contributed by atoms with Gasteiger partial charge in [-0.2, -0.15) is 0 Å². The van der Waals surface area contributed by atoms with Gasteiger partial charge in [-0.3, -0.25) is 9.59 Å². The maximum atomic E-state index is 12.5. The third kappa shape index (κ3) is 3.77. The predicted octanol–water partition coefficient (Wildman–Crippen LogP) is 4.02. The smallest absolute Gasteiger partial charge is 0.228 e. The highest BCUT2D eigenvalue weighted by Crippen LogP contribution is 2.22. The molecule has 5 nitrogen and oxygen atoms in total. The molecule has 0 fully saturated rings. The molecule has 3 rings (SSSR count). The minimum absolute atomic E-state index is 0.0270. The second-order valence-electron chi connectivity index (χ2n) is 6.44. The van der Waals surface area contributed by atoms with E-state index in [1.165, 1.54) is 0 Å². The van der Waals surface area contributed by atoms with Gasteiger partial charge in [-0.1, -0.05) is 25.1 Å². The van der Waals surface area contributed by atoms with Gasteiger partial charge in [0, 0.05) is 41.9 Å². The first-order valence-corrected chi connectivity index (χ1v) is 8.71. The van der Waals surface area contributed by atoms with Gasteiger partial charge < -0.3 is 15.2 Å². The first-order valence-electron chi connectivity index (χ1n) is 8.71. The number of anilines is 2. The van der Waals surface area contributed by atoms with E-state index in [-0.39, 0.29) is 11.8 Å². The number of rotatable bonds is 5. The summed E-state index contributed by atoms with van der Waals surface area (Å²) in [6.45, 7) is 3.72. The number of amides is 2. The molecule has 0 atom stereocenters. The Morgan fingerprint density at radius 2 is 1.81 bits per heavy atom. The number of fused-ring (bicyclic) bond motifs is 1. The lowest BCUT2D eigenvalue weighted by Crippen LogP contribution is -2.15. The van der Waals surface area contributed by atoms with Crippen molar-refractivity contribution in [3.63, 3.8) is 0 Å². The van der Waals surface area contributed by atoms with Gasteiger partial charge in [0.25, 0.3) is 0 Å². The second-order valence-corrected chi connectivity index (χ2v) is 6.44. The molecule has 1 aromatic heterocycles. The van der Waals surface area contributed by atoms with Crippen LogP contribution in [0.3, 0.4) is 0 Å². The van der Waals surface area contributed by atoms with Crippen LogP contribution in [0, 0.1) is 6.92 Å². The Morgan fingerprint density at radius 1 is 1.04 bits per heavy atom. The van der Waals surface area contributed by atoms with Crippen molar-refractivity contribution in [2.75, 3.05) is 10.6 Å². The number of hydrogen-bond acceptors (Lipinski definition) is 2. The molecule has 0 aliphatic rings. The molecule has 2 N–H and O–H groups in total. The second kappa shape index (κ2) is 7.44. The predicted molar refractivity (Wildman–Crippen MR) is 105 cm³/mol. The van der Waals surface area contributed by atoms with Crippen molar-refractivity contribution >= 4 is 34.1 Å². The van der Waals surface area contributed by atoms with E-state index in [0.29, 0.717) is 12.8 Å². The summed E-state index contributed by atoms with van der Waals surface area (Å²) in [7, 11) is 1.98. The maximum absolute atomic E-state index is 12.5. The molecule has 3 aromatic rings. The molecule has 2 amide bonds. The largest absolute Gasteiger partial charge is 0.350 e. The number of hydrogen-bond donors (Lipinski definition) is 2. The van der Waals surface area contributed by atoms with E-state index in [4.69, 9.17) is 0 Å². The Bertz CT molecular complexity index is 973. The molecule has 0 aliphatic heterocycles. The summed E-state index contributed by atoms with van der Waals surface area (Å²) in [5, 5.41) is 6.88. The lowest BCUT2D eigenvalue weighted by molar-refractivity contribution is -0.116. The summed E-state index contributed by atoms with van der Waals surface area (Å²) in [5.41, 5.74) is 4.52. The number of aromatic nitrogens is 1. The van der Waals surface area contributed by atoms with Crippen LogP contribution in [0.15, 0.2) is 48.7 Å². The quantitative estimate of drug-likeness (QED) is 0.731. The molecule has 5 heteroatoms. The molecule has 2 aromatic carbocycles. The number of nitrogens with zero attached hydrogens (tertiary/aromatic N) is 1. The van der Waals surface area contributed by atoms with Gasteiger partial charge in [-0.05, 0) is 42.3 Å². The SMILES string of the molecule is CCC(=O)Nc1ccc(NC(=O)Cc2cn(C)c3ccccc23)cc1C. The lowest BCUT2D eigenvalue weighted by atomic mass is 10.1. The monoisotopic (exact) mass is 349 g/mol. The Labute approximate surface area is 153 Å². The summed E-state index contributed by atoms with van der Waals surface area (Å²) in [6.07, 6.45) is 2.75. The van der Waals surface area contributed by atoms with Crippen LogP contribution in [0.5, 0.6) is 0 Å². The molecule has 0 spiro atoms. The minimum Gasteiger partial charge on any atom is -0.350 e. The van der Waals surface area contributed by atoms with Crippen molar-refractivity contribution in [2.45, 2.75) is 26.7 Å². The molecule has 0 saturated heterocycles. The van der Waals surface area contributed by atoms with Crippen LogP contribution < -0.4 is 10.6 Å². The van der Waals surface area contributed by atoms with Crippen molar-refractivity contribution < 1.29 is 9.59 Å². The summed E-state index contributed by atoms with van der Waals surface area (Å²) in [6, 6.07) is 13.5. The van der Waals surface area contributed by atoms with Gasteiger partial charge >= 0.3 is 0 Å². The summed E-state index contributed by atoms with van der Waals surface area (Å²) < 4.78 is 2.04. The van der Waals surface area contributed by atoms with Crippen LogP contribution in [-0.4, -0.2) is 16.4 Å². The fraction of sp³-hybridized carbons (Fsp3) is 0.238. The molecule has 0 saturated carbocycles. The van der Waals surface area contributed by atoms with E-state index < -0.39 is 0 Å². The number of nitrogens with one attached hydrogen (secondary N) is 2. The van der Waals surface area contributed by atoms with E-state index in [9.17, 15) is 9.59 Å². The fourth-order valence-corrected chi connectivity index (χ4v) is 3.06. The number of para-hydroxylation sites is 1. The summed E-state index contributed by atoms with van der Waals surface area (Å²) in [5.74, 6) is -0.0908. The molecule has 0 unspecified atom stereocenters. The maximum Gasteiger partial charge on any atom is 0.228 e. The molecule has 0 aliphatic carbocycles. The molecule has 1 heterocycles. The van der Waals surface area contributed by atoms with Gasteiger partial charge in [-0.25, -0.2) is 0 Å². The van der Waals surface area contributed by atoms with E-state index in [1.807, 2.05) is 68.1 Å². The Kier molecular flexibility index (Phi) is 5.07. The van der Waals surface area contributed by atoms with Crippen LogP contribution in [-0.2, 0) is 23.1 Å². The molecule has 0 bridgehead atoms. The lowest BCUT2D eigenvalue weighted by Gasteiger charge is -2.10. The fourth-order valence-electron chi connectivity index (χ4n) is 3.06. The summed E-state index contributed by atoms with van der Waals surface area (Å²) >= 11 is 0. The zero-order valence-electron chi connectivity index (χ0n) is 15.3. The van der Waals surface area contributed by atoms with E-state index in [0.717, 1.165) is 33.4 Å². The van der Waals surface area contributed by atoms with Crippen LogP contribution in [0.25, 0.3) is 10.9 Å². The van der Waals surface area contributed by atoms with Gasteiger partial charge in [-0.15, -0.1) is 0 Å². The van der Waals surface area contributed by atoms with Crippen LogP contribution in [0.2, 0.25) is 0 Å². The number of carbonyl (C=O) groups excluding carboxylic acids is 2. The average molecular weight is 349 g/mol. The van der Waals surface area contributed by atoms with Crippen molar-refractivity contribution in [2.24, 2.45) is 7.05 Å². The van der Waals surface area contributed by atoms with E-state index >= 15 is 0 Å². The van der Waals surface area contributed by atoms with Crippen LogP contribution >= 0.6 is 0 Å². The molecule has 26 heavy (non-hydrogen) atoms. The number of aryl methyl sites for hydroxylation is 2. The zero-order valence-corrected chi connectivity index (χ0v) is 15.3. The van der Waals surface area contributed by atoms with Gasteiger partial charge in [0.15, 0.2) is 0 Å². The Morgan fingerprint density at radius 3 is 2.54 bits per heavy atom. The molecule has 0 radical (unpaired) electrons. The summed E-state index contributed by atoms with van der Waals surface area (Å²) in [4.78, 5) is 24.0. The standard InChI is InChI=1S/C21H23N3O2/c1-4-20(25)23-18-10-9-16(11-14(18)2)22-21(26)12-15-13-24(3)19-8-6-5-7-17(15)19/h5-11,13H,4,12H2,1-3H3,(H,22,26)(H,23,25). The first-order chi connectivity index (χ1) is 12.5. The number of benzene rings is 2. The average Bonchev–Trinajstić information content (AvgIpc) is 2.93. The van der Waals surface area contributed by atoms with Crippen molar-refractivity contribution in [1.29, 1.82) is 0 Å². The molecular formula is C21H23N3O2. The molecule has 134 valence electrons. The van der Waals surface area contributed by atoms with Crippen molar-refractivity contribution in [3.8, 4) is 0 Å².